The van der Waals surface area contributed by atoms with Gasteiger partial charge in [0.25, 0.3) is 10.2 Å². The summed E-state index contributed by atoms with van der Waals surface area (Å²) < 4.78 is 30.3. The summed E-state index contributed by atoms with van der Waals surface area (Å²) >= 11 is 0. The third kappa shape index (κ3) is 3.53. The van der Waals surface area contributed by atoms with E-state index in [1.807, 2.05) is 30.6 Å². The van der Waals surface area contributed by atoms with Crippen LogP contribution in [0.4, 0.5) is 5.82 Å². The Labute approximate surface area is 163 Å². The molecule has 0 atom stereocenters. The second-order valence-corrected chi connectivity index (χ2v) is 8.20. The van der Waals surface area contributed by atoms with Crippen LogP contribution in [0.2, 0.25) is 0 Å². The Hall–Kier alpha value is -2.69. The highest BCUT2D eigenvalue weighted by Crippen LogP contribution is 2.36. The summed E-state index contributed by atoms with van der Waals surface area (Å²) in [5.74, 6) is 1.49. The number of hydrogen-bond acceptors (Lipinski definition) is 6. The van der Waals surface area contributed by atoms with Crippen LogP contribution < -0.4 is 14.8 Å². The molecule has 1 aromatic carbocycles. The highest BCUT2D eigenvalue weighted by Gasteiger charge is 2.24. The van der Waals surface area contributed by atoms with Crippen molar-refractivity contribution < 1.29 is 13.2 Å². The van der Waals surface area contributed by atoms with Gasteiger partial charge in [-0.05, 0) is 24.6 Å². The van der Waals surface area contributed by atoms with Crippen LogP contribution >= 0.6 is 0 Å². The van der Waals surface area contributed by atoms with Gasteiger partial charge < -0.3 is 14.6 Å². The third-order valence-electron chi connectivity index (χ3n) is 4.96. The molecule has 3 N–H and O–H groups in total. The van der Waals surface area contributed by atoms with E-state index in [2.05, 4.69) is 19.9 Å². The zero-order chi connectivity index (χ0) is 19.7. The number of anilines is 1. The molecule has 1 aliphatic heterocycles. The van der Waals surface area contributed by atoms with Gasteiger partial charge in [0.2, 0.25) is 0 Å². The fourth-order valence-corrected chi connectivity index (χ4v) is 4.29. The number of aromatic nitrogens is 3. The number of nitrogens with one attached hydrogen (secondary N) is 1. The number of rotatable bonds is 4. The minimum Gasteiger partial charge on any atom is -0.496 e. The summed E-state index contributed by atoms with van der Waals surface area (Å²) in [6, 6.07) is 5.90. The van der Waals surface area contributed by atoms with E-state index in [4.69, 9.17) is 9.88 Å². The first-order valence-corrected chi connectivity index (χ1v) is 10.5. The van der Waals surface area contributed by atoms with Crippen molar-refractivity contribution in [2.75, 3.05) is 38.2 Å². The Bertz CT molecular complexity index is 1080. The molecule has 4 rings (SSSR count). The molecular weight excluding hydrogens is 380 g/mol. The van der Waals surface area contributed by atoms with Crippen molar-refractivity contribution in [3.8, 4) is 16.9 Å². The van der Waals surface area contributed by atoms with Crippen LogP contribution in [0, 0.1) is 0 Å². The van der Waals surface area contributed by atoms with Crippen LogP contribution in [-0.2, 0) is 10.2 Å². The molecule has 0 radical (unpaired) electrons. The summed E-state index contributed by atoms with van der Waals surface area (Å²) in [5.41, 5.74) is 2.75. The number of ether oxygens (including phenoxy) is 1. The first kappa shape index (κ1) is 18.7. The molecule has 10 heteroatoms. The Kier molecular flexibility index (Phi) is 4.92. The van der Waals surface area contributed by atoms with E-state index in [-0.39, 0.29) is 0 Å². The quantitative estimate of drug-likeness (QED) is 0.680. The molecule has 3 heterocycles. The lowest BCUT2D eigenvalue weighted by Crippen LogP contribution is -2.39. The molecule has 0 aliphatic carbocycles. The van der Waals surface area contributed by atoms with Crippen molar-refractivity contribution in [3.63, 3.8) is 0 Å². The summed E-state index contributed by atoms with van der Waals surface area (Å²) in [6.45, 7) is 1.91. The Morgan fingerprint density at radius 3 is 2.75 bits per heavy atom. The number of aromatic amines is 1. The topological polar surface area (TPSA) is 117 Å². The maximum Gasteiger partial charge on any atom is 0.276 e. The fourth-order valence-electron chi connectivity index (χ4n) is 3.57. The predicted molar refractivity (Wildman–Crippen MR) is 107 cm³/mol. The van der Waals surface area contributed by atoms with Crippen LogP contribution in [0.25, 0.3) is 22.0 Å². The smallest absolute Gasteiger partial charge is 0.276 e. The second kappa shape index (κ2) is 7.38. The zero-order valence-corrected chi connectivity index (χ0v) is 16.3. The van der Waals surface area contributed by atoms with Gasteiger partial charge in [-0.3, -0.25) is 0 Å². The molecule has 3 aromatic rings. The minimum absolute atomic E-state index is 0.322. The number of hydrogen-bond donors (Lipinski definition) is 2. The second-order valence-electron chi connectivity index (χ2n) is 6.65. The minimum atomic E-state index is -3.69. The highest BCUT2D eigenvalue weighted by atomic mass is 32.2. The van der Waals surface area contributed by atoms with Crippen molar-refractivity contribution >= 4 is 26.9 Å². The van der Waals surface area contributed by atoms with Gasteiger partial charge >= 0.3 is 0 Å². The van der Waals surface area contributed by atoms with E-state index >= 15 is 0 Å². The lowest BCUT2D eigenvalue weighted by atomic mass is 10.0. The monoisotopic (exact) mass is 402 g/mol. The maximum atomic E-state index is 11.7. The number of fused-ring (bicyclic) bond motifs is 1. The van der Waals surface area contributed by atoms with Crippen molar-refractivity contribution in [2.45, 2.75) is 6.42 Å². The average Bonchev–Trinajstić information content (AvgIpc) is 3.09. The number of nitrogens with two attached hydrogens (primary N) is 1. The van der Waals surface area contributed by atoms with E-state index in [1.165, 1.54) is 10.6 Å². The first-order chi connectivity index (χ1) is 13.5. The van der Waals surface area contributed by atoms with Gasteiger partial charge in [0.15, 0.2) is 0 Å². The number of methoxy groups -OCH3 is 1. The predicted octanol–water partition coefficient (Wildman–Crippen LogP) is 1.35. The summed E-state index contributed by atoms with van der Waals surface area (Å²) in [4.78, 5) is 14.0. The summed E-state index contributed by atoms with van der Waals surface area (Å²) in [7, 11) is -2.05. The van der Waals surface area contributed by atoms with E-state index in [0.29, 0.717) is 32.6 Å². The van der Waals surface area contributed by atoms with Crippen molar-refractivity contribution in [1.29, 1.82) is 0 Å². The van der Waals surface area contributed by atoms with Gasteiger partial charge in [-0.1, -0.05) is 0 Å². The van der Waals surface area contributed by atoms with E-state index in [0.717, 1.165) is 33.6 Å². The highest BCUT2D eigenvalue weighted by molar-refractivity contribution is 7.86. The molecule has 0 unspecified atom stereocenters. The lowest BCUT2D eigenvalue weighted by Gasteiger charge is -2.23. The molecule has 28 heavy (non-hydrogen) atoms. The van der Waals surface area contributed by atoms with Gasteiger partial charge in [0, 0.05) is 55.1 Å². The Balaban J connectivity index is 1.74. The molecule has 1 fully saturated rings. The van der Waals surface area contributed by atoms with Gasteiger partial charge in [0.1, 0.15) is 17.9 Å². The van der Waals surface area contributed by atoms with Crippen LogP contribution in [0.1, 0.15) is 6.42 Å². The van der Waals surface area contributed by atoms with Crippen LogP contribution in [0.5, 0.6) is 5.75 Å². The van der Waals surface area contributed by atoms with Gasteiger partial charge in [0.05, 0.1) is 12.6 Å². The molecule has 1 saturated heterocycles. The molecule has 0 spiro atoms. The Morgan fingerprint density at radius 2 is 2.04 bits per heavy atom. The molecule has 9 nitrogen and oxygen atoms in total. The van der Waals surface area contributed by atoms with Gasteiger partial charge in [-0.25, -0.2) is 15.1 Å². The maximum absolute atomic E-state index is 11.7. The van der Waals surface area contributed by atoms with E-state index in [9.17, 15) is 8.42 Å². The molecule has 0 bridgehead atoms. The average molecular weight is 402 g/mol. The number of H-pyrrole nitrogens is 1. The lowest BCUT2D eigenvalue weighted by molar-refractivity contribution is 0.417. The largest absolute Gasteiger partial charge is 0.496 e. The third-order valence-corrected chi connectivity index (χ3v) is 6.04. The molecular formula is C18H22N6O3S. The number of benzene rings is 1. The van der Waals surface area contributed by atoms with Crippen molar-refractivity contribution in [3.05, 3.63) is 36.9 Å². The fraction of sp³-hybridized carbons (Fsp3) is 0.333. The number of nitrogens with zero attached hydrogens (tertiary/aromatic N) is 4. The summed E-state index contributed by atoms with van der Waals surface area (Å²) in [6.07, 6.45) is 5.97. The summed E-state index contributed by atoms with van der Waals surface area (Å²) in [5, 5.41) is 6.15. The van der Waals surface area contributed by atoms with Crippen molar-refractivity contribution in [1.82, 2.24) is 19.3 Å². The molecule has 2 aromatic heterocycles. The van der Waals surface area contributed by atoms with Gasteiger partial charge in [-0.2, -0.15) is 12.7 Å². The van der Waals surface area contributed by atoms with Crippen molar-refractivity contribution in [2.24, 2.45) is 5.14 Å². The normalized spacial score (nSPS) is 16.3. The molecule has 148 valence electrons. The molecule has 0 amide bonds. The molecule has 0 saturated carbocycles. The van der Waals surface area contributed by atoms with E-state index in [1.54, 1.807) is 7.11 Å². The van der Waals surface area contributed by atoms with Gasteiger partial charge in [-0.15, -0.1) is 0 Å². The van der Waals surface area contributed by atoms with Crippen LogP contribution in [-0.4, -0.2) is 61.0 Å². The first-order valence-electron chi connectivity index (χ1n) is 8.96. The molecule has 1 aliphatic rings. The standard InChI is InChI=1S/C18H22N6O3S/c1-27-17-10-15-16(9-14(17)13-3-4-20-11-13)21-12-22-18(15)23-5-2-6-24(8-7-23)28(19,25)26/h3-4,9-12,20H,2,5-8H2,1H3,(H2,19,25,26). The Morgan fingerprint density at radius 1 is 1.18 bits per heavy atom. The SMILES string of the molecule is COc1cc2c(N3CCCN(S(N)(=O)=O)CC3)ncnc2cc1-c1cc[nH]c1. The zero-order valence-electron chi connectivity index (χ0n) is 15.5. The van der Waals surface area contributed by atoms with Crippen LogP contribution in [0.3, 0.4) is 0 Å². The van der Waals surface area contributed by atoms with Crippen LogP contribution in [0.15, 0.2) is 36.9 Å². The van der Waals surface area contributed by atoms with E-state index < -0.39 is 10.2 Å².